The highest BCUT2D eigenvalue weighted by molar-refractivity contribution is 6.31. The maximum Gasteiger partial charge on any atom is 0.129 e. The van der Waals surface area contributed by atoms with Gasteiger partial charge >= 0.3 is 0 Å². The summed E-state index contributed by atoms with van der Waals surface area (Å²) in [6.45, 7) is 3.31. The summed E-state index contributed by atoms with van der Waals surface area (Å²) in [5.41, 5.74) is 2.18. The molecule has 0 radical (unpaired) electrons. The van der Waals surface area contributed by atoms with Gasteiger partial charge in [-0.3, -0.25) is 0 Å². The lowest BCUT2D eigenvalue weighted by Crippen LogP contribution is -2.38. The predicted molar refractivity (Wildman–Crippen MR) is 74.9 cm³/mol. The molecule has 1 fully saturated rings. The number of rotatable bonds is 2. The molecule has 3 rings (SSSR count). The minimum Gasteiger partial charge on any atom is -0.330 e. The second-order valence-electron chi connectivity index (χ2n) is 5.09. The van der Waals surface area contributed by atoms with Gasteiger partial charge in [-0.2, -0.15) is 0 Å². The Bertz CT molecular complexity index is 582. The molecule has 2 aromatic rings. The number of nitrogens with one attached hydrogen (secondary N) is 1. The second kappa shape index (κ2) is 4.25. The van der Waals surface area contributed by atoms with Crippen molar-refractivity contribution in [3.05, 3.63) is 29.0 Å². The monoisotopic (exact) mass is 263 g/mol. The number of hydrogen-bond acceptors (Lipinski definition) is 2. The van der Waals surface area contributed by atoms with Gasteiger partial charge in [0.2, 0.25) is 0 Å². The zero-order valence-corrected chi connectivity index (χ0v) is 11.6. The number of imidazole rings is 1. The molecular formula is C14H18ClN3. The highest BCUT2D eigenvalue weighted by Gasteiger charge is 2.37. The number of benzene rings is 1. The lowest BCUT2D eigenvalue weighted by molar-refractivity contribution is 0.345. The maximum absolute atomic E-state index is 6.07. The summed E-state index contributed by atoms with van der Waals surface area (Å²) in [6, 6.07) is 5.90. The number of aryl methyl sites for hydroxylation is 1. The van der Waals surface area contributed by atoms with Gasteiger partial charge in [-0.1, -0.05) is 18.5 Å². The molecule has 1 saturated heterocycles. The first kappa shape index (κ1) is 12.0. The van der Waals surface area contributed by atoms with Gasteiger partial charge in [-0.25, -0.2) is 4.98 Å². The topological polar surface area (TPSA) is 29.9 Å². The molecule has 18 heavy (non-hydrogen) atoms. The number of aromatic nitrogens is 2. The van der Waals surface area contributed by atoms with E-state index in [1.807, 2.05) is 18.2 Å². The van der Waals surface area contributed by atoms with E-state index in [2.05, 4.69) is 23.9 Å². The molecule has 1 aliphatic rings. The second-order valence-corrected chi connectivity index (χ2v) is 5.53. The van der Waals surface area contributed by atoms with Crippen LogP contribution in [0.3, 0.4) is 0 Å². The Kier molecular flexibility index (Phi) is 2.83. The van der Waals surface area contributed by atoms with Crippen molar-refractivity contribution in [3.63, 3.8) is 0 Å². The van der Waals surface area contributed by atoms with Crippen LogP contribution in [0.1, 0.15) is 32.0 Å². The van der Waals surface area contributed by atoms with E-state index in [-0.39, 0.29) is 5.54 Å². The number of hydrogen-bond donors (Lipinski definition) is 1. The van der Waals surface area contributed by atoms with Gasteiger partial charge in [-0.05, 0) is 44.0 Å². The van der Waals surface area contributed by atoms with Crippen molar-refractivity contribution in [2.45, 2.75) is 31.7 Å². The predicted octanol–water partition coefficient (Wildman–Crippen LogP) is 3.22. The summed E-state index contributed by atoms with van der Waals surface area (Å²) >= 11 is 6.07. The largest absolute Gasteiger partial charge is 0.330 e. The normalized spacial score (nSPS) is 23.9. The van der Waals surface area contributed by atoms with Gasteiger partial charge < -0.3 is 9.88 Å². The molecule has 1 N–H and O–H groups in total. The molecule has 96 valence electrons. The van der Waals surface area contributed by atoms with Crippen LogP contribution < -0.4 is 5.32 Å². The van der Waals surface area contributed by atoms with E-state index in [0.29, 0.717) is 0 Å². The molecular weight excluding hydrogens is 246 g/mol. The molecule has 1 atom stereocenters. The minimum atomic E-state index is 0.0419. The summed E-state index contributed by atoms with van der Waals surface area (Å²) in [5, 5.41) is 4.40. The van der Waals surface area contributed by atoms with Crippen LogP contribution in [0.2, 0.25) is 5.02 Å². The van der Waals surface area contributed by atoms with E-state index < -0.39 is 0 Å². The Labute approximate surface area is 112 Å². The molecule has 1 unspecified atom stereocenters. The zero-order chi connectivity index (χ0) is 12.8. The van der Waals surface area contributed by atoms with Crippen LogP contribution >= 0.6 is 11.6 Å². The fourth-order valence-electron chi connectivity index (χ4n) is 3.05. The standard InChI is InChI=1S/C14H18ClN3/c1-3-14(7-4-8-16-14)13-17-11-6-5-10(15)9-12(11)18(13)2/h5-6,9,16H,3-4,7-8H2,1-2H3. The molecule has 4 heteroatoms. The van der Waals surface area contributed by atoms with Crippen LogP contribution in [0.5, 0.6) is 0 Å². The van der Waals surface area contributed by atoms with E-state index in [1.165, 1.54) is 6.42 Å². The number of nitrogens with zero attached hydrogens (tertiary/aromatic N) is 2. The summed E-state index contributed by atoms with van der Waals surface area (Å²) in [4.78, 5) is 4.82. The highest BCUT2D eigenvalue weighted by atomic mass is 35.5. The van der Waals surface area contributed by atoms with Crippen molar-refractivity contribution in [3.8, 4) is 0 Å². The number of halogens is 1. The Morgan fingerprint density at radius 3 is 3.00 bits per heavy atom. The third-order valence-corrected chi connectivity index (χ3v) is 4.35. The van der Waals surface area contributed by atoms with Gasteiger partial charge in [0.25, 0.3) is 0 Å². The number of fused-ring (bicyclic) bond motifs is 1. The van der Waals surface area contributed by atoms with Crippen LogP contribution in [0, 0.1) is 0 Å². The molecule has 0 bridgehead atoms. The third-order valence-electron chi connectivity index (χ3n) is 4.12. The molecule has 0 spiro atoms. The Morgan fingerprint density at radius 2 is 2.33 bits per heavy atom. The fourth-order valence-corrected chi connectivity index (χ4v) is 3.21. The van der Waals surface area contributed by atoms with Gasteiger partial charge in [0.15, 0.2) is 0 Å². The Morgan fingerprint density at radius 1 is 1.50 bits per heavy atom. The molecule has 1 aliphatic heterocycles. The molecule has 2 heterocycles. The fraction of sp³-hybridized carbons (Fsp3) is 0.500. The van der Waals surface area contributed by atoms with Gasteiger partial charge in [0.05, 0.1) is 16.6 Å². The van der Waals surface area contributed by atoms with Crippen LogP contribution in [-0.2, 0) is 12.6 Å². The zero-order valence-electron chi connectivity index (χ0n) is 10.8. The lowest BCUT2D eigenvalue weighted by Gasteiger charge is -2.27. The van der Waals surface area contributed by atoms with E-state index in [9.17, 15) is 0 Å². The average Bonchev–Trinajstić information content (AvgIpc) is 2.96. The van der Waals surface area contributed by atoms with Crippen molar-refractivity contribution >= 4 is 22.6 Å². The Balaban J connectivity index is 2.20. The van der Waals surface area contributed by atoms with E-state index in [0.717, 1.165) is 41.3 Å². The van der Waals surface area contributed by atoms with Crippen molar-refractivity contribution in [2.75, 3.05) is 6.54 Å². The highest BCUT2D eigenvalue weighted by Crippen LogP contribution is 2.35. The molecule has 0 amide bonds. The smallest absolute Gasteiger partial charge is 0.129 e. The summed E-state index contributed by atoms with van der Waals surface area (Å²) in [5.74, 6) is 1.14. The van der Waals surface area contributed by atoms with Crippen molar-refractivity contribution in [1.29, 1.82) is 0 Å². The lowest BCUT2D eigenvalue weighted by atomic mass is 9.93. The van der Waals surface area contributed by atoms with E-state index in [4.69, 9.17) is 16.6 Å². The van der Waals surface area contributed by atoms with Crippen LogP contribution in [0.4, 0.5) is 0 Å². The minimum absolute atomic E-state index is 0.0419. The summed E-state index contributed by atoms with van der Waals surface area (Å²) < 4.78 is 2.18. The summed E-state index contributed by atoms with van der Waals surface area (Å²) in [7, 11) is 2.08. The molecule has 0 saturated carbocycles. The summed E-state index contributed by atoms with van der Waals surface area (Å²) in [6.07, 6.45) is 3.45. The Hall–Kier alpha value is -1.06. The van der Waals surface area contributed by atoms with E-state index in [1.54, 1.807) is 0 Å². The van der Waals surface area contributed by atoms with Crippen molar-refractivity contribution in [2.24, 2.45) is 7.05 Å². The van der Waals surface area contributed by atoms with Gasteiger partial charge in [0.1, 0.15) is 5.82 Å². The van der Waals surface area contributed by atoms with Crippen LogP contribution in [-0.4, -0.2) is 16.1 Å². The van der Waals surface area contributed by atoms with Crippen molar-refractivity contribution in [1.82, 2.24) is 14.9 Å². The van der Waals surface area contributed by atoms with E-state index >= 15 is 0 Å². The molecule has 1 aromatic heterocycles. The first-order chi connectivity index (χ1) is 8.66. The van der Waals surface area contributed by atoms with Crippen LogP contribution in [0.15, 0.2) is 18.2 Å². The molecule has 3 nitrogen and oxygen atoms in total. The van der Waals surface area contributed by atoms with Crippen molar-refractivity contribution < 1.29 is 0 Å². The molecule has 0 aliphatic carbocycles. The first-order valence-electron chi connectivity index (χ1n) is 6.54. The molecule has 1 aromatic carbocycles. The third kappa shape index (κ3) is 1.65. The SMILES string of the molecule is CCC1(c2nc3ccc(Cl)cc3n2C)CCCN1. The van der Waals surface area contributed by atoms with Gasteiger partial charge in [-0.15, -0.1) is 0 Å². The maximum atomic E-state index is 6.07. The van der Waals surface area contributed by atoms with Gasteiger partial charge in [0, 0.05) is 12.1 Å². The quantitative estimate of drug-likeness (QED) is 0.902. The average molecular weight is 264 g/mol. The van der Waals surface area contributed by atoms with Crippen LogP contribution in [0.25, 0.3) is 11.0 Å². The first-order valence-corrected chi connectivity index (χ1v) is 6.91.